The lowest BCUT2D eigenvalue weighted by Crippen LogP contribution is -2.46. The summed E-state index contributed by atoms with van der Waals surface area (Å²) in [5, 5.41) is 0. The molecule has 1 heterocycles. The molecule has 0 fully saturated rings. The molecule has 0 aliphatic carbocycles. The Morgan fingerprint density at radius 2 is 1.26 bits per heavy atom. The van der Waals surface area contributed by atoms with Crippen molar-refractivity contribution in [2.24, 2.45) is 0 Å². The third kappa shape index (κ3) is 8.12. The molecule has 216 valence electrons. The number of rotatable bonds is 12. The minimum atomic E-state index is -1.27. The highest BCUT2D eigenvalue weighted by molar-refractivity contribution is 5.90. The molecule has 2 N–H and O–H groups in total. The summed E-state index contributed by atoms with van der Waals surface area (Å²) in [6.07, 6.45) is -2.16. The molecule has 1 aromatic heterocycles. The van der Waals surface area contributed by atoms with Gasteiger partial charge in [0.1, 0.15) is 31.4 Å². The standard InChI is InChI=1S/C31H29N3O8/c1-21(41-29(36)23-13-7-3-8-14-23)27(42-30(37)24-15-9-4-10-16-24)25(19-39-28(35)22-11-5-2-6-12-22)40-20-34-18-17-26(32)33-31(34)38/h2-18,21,25,27H,19-20H2,1H3,(H2,32,33,38)/t21?,25-,27?/m1/s1. The lowest BCUT2D eigenvalue weighted by Gasteiger charge is -2.31. The van der Waals surface area contributed by atoms with Gasteiger partial charge in [-0.2, -0.15) is 4.98 Å². The Morgan fingerprint density at radius 3 is 1.79 bits per heavy atom. The molecular weight excluding hydrogens is 542 g/mol. The van der Waals surface area contributed by atoms with E-state index >= 15 is 0 Å². The maximum absolute atomic E-state index is 13.1. The molecule has 42 heavy (non-hydrogen) atoms. The number of hydrogen-bond acceptors (Lipinski definition) is 10. The molecule has 3 atom stereocenters. The third-order valence-corrected chi connectivity index (χ3v) is 6.10. The Kier molecular flexibility index (Phi) is 10.2. The van der Waals surface area contributed by atoms with Crippen molar-refractivity contribution >= 4 is 23.7 Å². The fourth-order valence-electron chi connectivity index (χ4n) is 3.89. The lowest BCUT2D eigenvalue weighted by atomic mass is 10.1. The van der Waals surface area contributed by atoms with Gasteiger partial charge in [-0.25, -0.2) is 19.2 Å². The topological polar surface area (TPSA) is 149 Å². The number of nitrogens with two attached hydrogens (primary N) is 1. The van der Waals surface area contributed by atoms with Crippen molar-refractivity contribution in [3.8, 4) is 0 Å². The van der Waals surface area contributed by atoms with E-state index in [1.54, 1.807) is 91.0 Å². The molecule has 0 aliphatic rings. The van der Waals surface area contributed by atoms with Gasteiger partial charge in [0.15, 0.2) is 6.10 Å². The minimum absolute atomic E-state index is 0.0284. The first-order chi connectivity index (χ1) is 20.3. The Bertz CT molecular complexity index is 1540. The molecule has 0 spiro atoms. The van der Waals surface area contributed by atoms with E-state index < -0.39 is 48.5 Å². The highest BCUT2D eigenvalue weighted by atomic mass is 16.6. The number of ether oxygens (including phenoxy) is 4. The van der Waals surface area contributed by atoms with Crippen LogP contribution in [0.5, 0.6) is 0 Å². The van der Waals surface area contributed by atoms with E-state index in [2.05, 4.69) is 4.98 Å². The summed E-state index contributed by atoms with van der Waals surface area (Å²) in [7, 11) is 0. The highest BCUT2D eigenvalue weighted by Crippen LogP contribution is 2.19. The van der Waals surface area contributed by atoms with Crippen LogP contribution in [0.15, 0.2) is 108 Å². The number of carbonyl (C=O) groups excluding carboxylic acids is 3. The van der Waals surface area contributed by atoms with Crippen molar-refractivity contribution in [1.82, 2.24) is 9.55 Å². The van der Waals surface area contributed by atoms with Gasteiger partial charge in [-0.1, -0.05) is 54.6 Å². The van der Waals surface area contributed by atoms with E-state index in [-0.39, 0.29) is 29.2 Å². The molecule has 4 aromatic rings. The van der Waals surface area contributed by atoms with E-state index in [1.165, 1.54) is 19.2 Å². The van der Waals surface area contributed by atoms with Gasteiger partial charge in [0.2, 0.25) is 0 Å². The molecule has 11 nitrogen and oxygen atoms in total. The molecule has 0 amide bonds. The van der Waals surface area contributed by atoms with Crippen LogP contribution in [0.2, 0.25) is 0 Å². The zero-order valence-corrected chi connectivity index (χ0v) is 22.7. The number of benzene rings is 3. The van der Waals surface area contributed by atoms with Crippen molar-refractivity contribution < 1.29 is 33.3 Å². The van der Waals surface area contributed by atoms with E-state index in [9.17, 15) is 19.2 Å². The molecule has 4 rings (SSSR count). The van der Waals surface area contributed by atoms with Gasteiger partial charge in [0.25, 0.3) is 0 Å². The lowest BCUT2D eigenvalue weighted by molar-refractivity contribution is -0.129. The molecule has 0 saturated heterocycles. The zero-order chi connectivity index (χ0) is 29.9. The monoisotopic (exact) mass is 571 g/mol. The second kappa shape index (κ2) is 14.4. The normalized spacial score (nSPS) is 12.9. The van der Waals surface area contributed by atoms with Crippen LogP contribution in [0.3, 0.4) is 0 Å². The van der Waals surface area contributed by atoms with E-state index in [0.29, 0.717) is 0 Å². The number of hydrogen-bond donors (Lipinski definition) is 1. The van der Waals surface area contributed by atoms with Gasteiger partial charge in [-0.3, -0.25) is 4.57 Å². The van der Waals surface area contributed by atoms with Crippen molar-refractivity contribution in [3.63, 3.8) is 0 Å². The number of aromatic nitrogens is 2. The predicted octanol–water partition coefficient (Wildman–Crippen LogP) is 3.50. The SMILES string of the molecule is CC(OC(=O)c1ccccc1)C(OC(=O)c1ccccc1)[C@@H](COC(=O)c1ccccc1)OCn1ccc(N)nc1=O. The summed E-state index contributed by atoms with van der Waals surface area (Å²) in [5.74, 6) is -2.02. The zero-order valence-electron chi connectivity index (χ0n) is 22.7. The van der Waals surface area contributed by atoms with Crippen LogP contribution in [0.4, 0.5) is 5.82 Å². The first kappa shape index (κ1) is 29.7. The quantitative estimate of drug-likeness (QED) is 0.198. The van der Waals surface area contributed by atoms with Gasteiger partial charge in [0, 0.05) is 6.20 Å². The average Bonchev–Trinajstić information content (AvgIpc) is 3.02. The fourth-order valence-corrected chi connectivity index (χ4v) is 3.89. The Hall–Kier alpha value is -5.29. The first-order valence-corrected chi connectivity index (χ1v) is 13.0. The van der Waals surface area contributed by atoms with E-state index in [1.807, 2.05) is 0 Å². The predicted molar refractivity (Wildman–Crippen MR) is 151 cm³/mol. The number of esters is 3. The summed E-state index contributed by atoms with van der Waals surface area (Å²) in [5.41, 5.74) is 5.71. The van der Waals surface area contributed by atoms with Crippen LogP contribution in [-0.4, -0.2) is 52.4 Å². The number of nitrogens with zero attached hydrogens (tertiary/aromatic N) is 2. The molecule has 2 unspecified atom stereocenters. The van der Waals surface area contributed by atoms with Crippen molar-refractivity contribution in [2.75, 3.05) is 12.3 Å². The average molecular weight is 572 g/mol. The third-order valence-electron chi connectivity index (χ3n) is 6.10. The first-order valence-electron chi connectivity index (χ1n) is 13.0. The van der Waals surface area contributed by atoms with Crippen LogP contribution in [-0.2, 0) is 25.7 Å². The van der Waals surface area contributed by atoms with Crippen LogP contribution >= 0.6 is 0 Å². The number of anilines is 1. The number of nitrogen functional groups attached to an aromatic ring is 1. The molecule has 0 saturated carbocycles. The summed E-state index contributed by atoms with van der Waals surface area (Å²) in [4.78, 5) is 54.8. The molecule has 0 aliphatic heterocycles. The number of carbonyl (C=O) groups is 3. The molecule has 11 heteroatoms. The fraction of sp³-hybridized carbons (Fsp3) is 0.194. The van der Waals surface area contributed by atoms with Crippen molar-refractivity contribution in [3.05, 3.63) is 130 Å². The van der Waals surface area contributed by atoms with Crippen molar-refractivity contribution in [1.29, 1.82) is 0 Å². The molecule has 3 aromatic carbocycles. The maximum atomic E-state index is 13.1. The van der Waals surface area contributed by atoms with Gasteiger partial charge in [0.05, 0.1) is 16.7 Å². The Labute approximate surface area is 241 Å². The Morgan fingerprint density at radius 1 is 0.762 bits per heavy atom. The van der Waals surface area contributed by atoms with Crippen LogP contribution in [0.1, 0.15) is 38.0 Å². The van der Waals surface area contributed by atoms with Crippen LogP contribution in [0, 0.1) is 0 Å². The molecule has 0 radical (unpaired) electrons. The van der Waals surface area contributed by atoms with Gasteiger partial charge < -0.3 is 24.7 Å². The second-order valence-electron chi connectivity index (χ2n) is 9.12. The van der Waals surface area contributed by atoms with E-state index in [0.717, 1.165) is 4.57 Å². The smallest absolute Gasteiger partial charge is 0.351 e. The largest absolute Gasteiger partial charge is 0.459 e. The van der Waals surface area contributed by atoms with Gasteiger partial charge >= 0.3 is 23.6 Å². The molecule has 0 bridgehead atoms. The minimum Gasteiger partial charge on any atom is -0.459 e. The Balaban J connectivity index is 1.62. The summed E-state index contributed by atoms with van der Waals surface area (Å²) in [6, 6.07) is 26.2. The summed E-state index contributed by atoms with van der Waals surface area (Å²) in [6.45, 7) is 0.749. The summed E-state index contributed by atoms with van der Waals surface area (Å²) < 4.78 is 24.1. The van der Waals surface area contributed by atoms with Gasteiger partial charge in [-0.05, 0) is 49.4 Å². The highest BCUT2D eigenvalue weighted by Gasteiger charge is 2.36. The maximum Gasteiger partial charge on any atom is 0.351 e. The van der Waals surface area contributed by atoms with Crippen LogP contribution in [0.25, 0.3) is 0 Å². The van der Waals surface area contributed by atoms with Crippen LogP contribution < -0.4 is 11.4 Å². The molecular formula is C31H29N3O8. The van der Waals surface area contributed by atoms with E-state index in [4.69, 9.17) is 24.7 Å². The van der Waals surface area contributed by atoms with Gasteiger partial charge in [-0.15, -0.1) is 0 Å². The second-order valence-corrected chi connectivity index (χ2v) is 9.12. The van der Waals surface area contributed by atoms with Crippen molar-refractivity contribution in [2.45, 2.75) is 32.0 Å². The summed E-state index contributed by atoms with van der Waals surface area (Å²) >= 11 is 0.